The molecule has 1 nitrogen and oxygen atoms in total. The van der Waals surface area contributed by atoms with Gasteiger partial charge < -0.3 is 5.32 Å². The van der Waals surface area contributed by atoms with Gasteiger partial charge in [-0.15, -0.1) is 0 Å². The van der Waals surface area contributed by atoms with Gasteiger partial charge in [0.05, 0.1) is 0 Å². The Balaban J connectivity index is 1.96. The van der Waals surface area contributed by atoms with E-state index in [0.29, 0.717) is 6.04 Å². The molecule has 18 heavy (non-hydrogen) atoms. The molecule has 1 N–H and O–H groups in total. The van der Waals surface area contributed by atoms with Gasteiger partial charge in [0.2, 0.25) is 0 Å². The zero-order valence-corrected chi connectivity index (χ0v) is 13.3. The molecule has 0 heterocycles. The lowest BCUT2D eigenvalue weighted by Gasteiger charge is -2.14. The second-order valence-corrected chi connectivity index (χ2v) is 6.12. The third-order valence-corrected chi connectivity index (χ3v) is 3.89. The average molecular weight is 369 g/mol. The number of benzene rings is 2. The highest BCUT2D eigenvalue weighted by molar-refractivity contribution is 9.10. The van der Waals surface area contributed by atoms with E-state index in [4.69, 9.17) is 0 Å². The van der Waals surface area contributed by atoms with E-state index in [2.05, 4.69) is 86.6 Å². The Bertz CT molecular complexity index is 508. The van der Waals surface area contributed by atoms with Crippen LogP contribution in [0.1, 0.15) is 24.1 Å². The second kappa shape index (κ2) is 6.50. The third-order valence-electron chi connectivity index (χ3n) is 2.87. The van der Waals surface area contributed by atoms with Gasteiger partial charge in [0.15, 0.2) is 0 Å². The van der Waals surface area contributed by atoms with E-state index < -0.39 is 0 Å². The van der Waals surface area contributed by atoms with Gasteiger partial charge in [0, 0.05) is 21.5 Å². The van der Waals surface area contributed by atoms with Crippen molar-refractivity contribution in [3.8, 4) is 0 Å². The van der Waals surface area contributed by atoms with Crippen LogP contribution in [-0.4, -0.2) is 0 Å². The van der Waals surface area contributed by atoms with E-state index in [1.807, 2.05) is 6.07 Å². The predicted octanol–water partition coefficient (Wildman–Crippen LogP) is 5.06. The Labute approximate surface area is 125 Å². The minimum Gasteiger partial charge on any atom is -0.306 e. The quantitative estimate of drug-likeness (QED) is 0.794. The van der Waals surface area contributed by atoms with Gasteiger partial charge in [0.1, 0.15) is 0 Å². The van der Waals surface area contributed by atoms with Crippen molar-refractivity contribution in [3.63, 3.8) is 0 Å². The topological polar surface area (TPSA) is 12.0 Å². The summed E-state index contributed by atoms with van der Waals surface area (Å²) in [7, 11) is 0. The fourth-order valence-corrected chi connectivity index (χ4v) is 2.50. The molecule has 0 bridgehead atoms. The number of hydrogen-bond donors (Lipinski definition) is 1. The van der Waals surface area contributed by atoms with Crippen LogP contribution in [0.15, 0.2) is 57.5 Å². The van der Waals surface area contributed by atoms with Crippen LogP contribution >= 0.6 is 31.9 Å². The summed E-state index contributed by atoms with van der Waals surface area (Å²) < 4.78 is 2.24. The maximum absolute atomic E-state index is 3.53. The van der Waals surface area contributed by atoms with Crippen molar-refractivity contribution in [2.45, 2.75) is 19.5 Å². The molecular formula is C15H15Br2N. The number of halogens is 2. The fraction of sp³-hybridized carbons (Fsp3) is 0.200. The van der Waals surface area contributed by atoms with Gasteiger partial charge >= 0.3 is 0 Å². The van der Waals surface area contributed by atoms with Gasteiger partial charge in [-0.3, -0.25) is 0 Å². The molecule has 0 unspecified atom stereocenters. The molecule has 0 saturated heterocycles. The van der Waals surface area contributed by atoms with E-state index >= 15 is 0 Å². The van der Waals surface area contributed by atoms with Crippen LogP contribution in [-0.2, 0) is 6.54 Å². The molecule has 1 atom stereocenters. The minimum absolute atomic E-state index is 0.345. The van der Waals surface area contributed by atoms with Crippen molar-refractivity contribution in [2.24, 2.45) is 0 Å². The Morgan fingerprint density at radius 2 is 1.72 bits per heavy atom. The lowest BCUT2D eigenvalue weighted by molar-refractivity contribution is 0.574. The highest BCUT2D eigenvalue weighted by Gasteiger charge is 2.04. The molecule has 94 valence electrons. The van der Waals surface area contributed by atoms with Crippen LogP contribution in [0.5, 0.6) is 0 Å². The zero-order chi connectivity index (χ0) is 13.0. The van der Waals surface area contributed by atoms with Crippen LogP contribution in [0.2, 0.25) is 0 Å². The van der Waals surface area contributed by atoms with Crippen molar-refractivity contribution in [1.82, 2.24) is 5.32 Å². The summed E-state index contributed by atoms with van der Waals surface area (Å²) in [6.07, 6.45) is 0. The monoisotopic (exact) mass is 367 g/mol. The van der Waals surface area contributed by atoms with E-state index in [0.717, 1.165) is 15.5 Å². The molecule has 2 aromatic carbocycles. The summed E-state index contributed by atoms with van der Waals surface area (Å²) in [4.78, 5) is 0. The number of nitrogens with one attached hydrogen (secondary N) is 1. The molecule has 0 saturated carbocycles. The van der Waals surface area contributed by atoms with Gasteiger partial charge in [-0.1, -0.05) is 56.1 Å². The van der Waals surface area contributed by atoms with Gasteiger partial charge in [-0.2, -0.15) is 0 Å². The smallest absolute Gasteiger partial charge is 0.0294 e. The van der Waals surface area contributed by atoms with Crippen LogP contribution in [0.25, 0.3) is 0 Å². The Morgan fingerprint density at radius 3 is 2.39 bits per heavy atom. The molecular weight excluding hydrogens is 354 g/mol. The Morgan fingerprint density at radius 1 is 1.00 bits per heavy atom. The lowest BCUT2D eigenvalue weighted by atomic mass is 10.1. The molecule has 0 aromatic heterocycles. The van der Waals surface area contributed by atoms with Crippen molar-refractivity contribution >= 4 is 31.9 Å². The van der Waals surface area contributed by atoms with Crippen molar-refractivity contribution in [3.05, 3.63) is 68.6 Å². The van der Waals surface area contributed by atoms with Crippen molar-refractivity contribution in [1.29, 1.82) is 0 Å². The summed E-state index contributed by atoms with van der Waals surface area (Å²) >= 11 is 6.94. The standard InChI is InChI=1S/C15H15Br2N/c1-11(13-5-7-14(16)8-6-13)18-10-12-3-2-4-15(17)9-12/h2-9,11,18H,10H2,1H3/t11-/m0/s1. The largest absolute Gasteiger partial charge is 0.306 e. The Hall–Kier alpha value is -0.640. The van der Waals surface area contributed by atoms with Crippen LogP contribution in [0, 0.1) is 0 Å². The van der Waals surface area contributed by atoms with Crippen LogP contribution in [0.4, 0.5) is 0 Å². The van der Waals surface area contributed by atoms with Gasteiger partial charge in [-0.05, 0) is 42.3 Å². The maximum Gasteiger partial charge on any atom is 0.0294 e. The number of hydrogen-bond acceptors (Lipinski definition) is 1. The fourth-order valence-electron chi connectivity index (χ4n) is 1.79. The average Bonchev–Trinajstić information content (AvgIpc) is 2.37. The first kappa shape index (κ1) is 13.8. The first-order valence-corrected chi connectivity index (χ1v) is 7.47. The lowest BCUT2D eigenvalue weighted by Crippen LogP contribution is -2.17. The van der Waals surface area contributed by atoms with Crippen molar-refractivity contribution in [2.75, 3.05) is 0 Å². The van der Waals surface area contributed by atoms with Gasteiger partial charge in [-0.25, -0.2) is 0 Å². The highest BCUT2D eigenvalue weighted by Crippen LogP contribution is 2.17. The van der Waals surface area contributed by atoms with Crippen LogP contribution in [0.3, 0.4) is 0 Å². The normalized spacial score (nSPS) is 12.4. The van der Waals surface area contributed by atoms with Crippen molar-refractivity contribution < 1.29 is 0 Å². The third kappa shape index (κ3) is 3.94. The molecule has 0 fully saturated rings. The highest BCUT2D eigenvalue weighted by atomic mass is 79.9. The first-order chi connectivity index (χ1) is 8.65. The molecule has 2 aromatic rings. The molecule has 0 aliphatic carbocycles. The molecule has 0 radical (unpaired) electrons. The minimum atomic E-state index is 0.345. The molecule has 0 amide bonds. The van der Waals surface area contributed by atoms with Gasteiger partial charge in [0.25, 0.3) is 0 Å². The summed E-state index contributed by atoms with van der Waals surface area (Å²) in [5.41, 5.74) is 2.58. The van der Waals surface area contributed by atoms with E-state index in [-0.39, 0.29) is 0 Å². The SMILES string of the molecule is C[C@H](NCc1cccc(Br)c1)c1ccc(Br)cc1. The predicted molar refractivity (Wildman–Crippen MR) is 83.5 cm³/mol. The summed E-state index contributed by atoms with van der Waals surface area (Å²) in [6.45, 7) is 3.05. The first-order valence-electron chi connectivity index (χ1n) is 5.88. The summed E-state index contributed by atoms with van der Waals surface area (Å²) in [5, 5.41) is 3.53. The van der Waals surface area contributed by atoms with Crippen LogP contribution < -0.4 is 5.32 Å². The molecule has 0 aliphatic rings. The molecule has 3 heteroatoms. The van der Waals surface area contributed by atoms with E-state index in [9.17, 15) is 0 Å². The second-order valence-electron chi connectivity index (χ2n) is 4.28. The van der Waals surface area contributed by atoms with E-state index in [1.165, 1.54) is 11.1 Å². The summed E-state index contributed by atoms with van der Waals surface area (Å²) in [6, 6.07) is 17.2. The summed E-state index contributed by atoms with van der Waals surface area (Å²) in [5.74, 6) is 0. The molecule has 0 spiro atoms. The maximum atomic E-state index is 3.53. The molecule has 0 aliphatic heterocycles. The zero-order valence-electron chi connectivity index (χ0n) is 10.2. The number of rotatable bonds is 4. The molecule has 2 rings (SSSR count). The van der Waals surface area contributed by atoms with E-state index in [1.54, 1.807) is 0 Å². The Kier molecular flexibility index (Phi) is 4.98.